The molecule has 0 aliphatic rings. The van der Waals surface area contributed by atoms with Crippen molar-refractivity contribution in [2.75, 3.05) is 0 Å². The van der Waals surface area contributed by atoms with Gasteiger partial charge in [-0.05, 0) is 28.0 Å². The molecule has 0 aliphatic carbocycles. The first-order valence-electron chi connectivity index (χ1n) is 2.73. The lowest BCUT2D eigenvalue weighted by Crippen LogP contribution is -1.86. The van der Waals surface area contributed by atoms with Crippen molar-refractivity contribution in [3.8, 4) is 0 Å². The molecule has 0 amide bonds. The standard InChI is InChI=1S/C6H13Si/c1-4-5-7-6(2)3/h5-7H,1,4H2,2-3H3. The van der Waals surface area contributed by atoms with Crippen LogP contribution in [-0.4, -0.2) is 14.8 Å². The average molecular weight is 113 g/mol. The molecule has 7 heavy (non-hydrogen) atoms. The van der Waals surface area contributed by atoms with Crippen LogP contribution in [0, 0.1) is 6.92 Å². The smallest absolute Gasteiger partial charge is 0.00917 e. The Morgan fingerprint density at radius 3 is 2.43 bits per heavy atom. The highest BCUT2D eigenvalue weighted by Gasteiger charge is 1.79. The molecule has 0 saturated heterocycles. The molecule has 0 bridgehead atoms. The van der Waals surface area contributed by atoms with Gasteiger partial charge in [0.1, 0.15) is 0 Å². The molecule has 0 aromatic rings. The summed E-state index contributed by atoms with van der Waals surface area (Å²) in [5.41, 5.74) is 3.19. The van der Waals surface area contributed by atoms with E-state index in [-0.39, 0.29) is 0 Å². The van der Waals surface area contributed by atoms with Gasteiger partial charge < -0.3 is 0 Å². The molecule has 0 fully saturated rings. The highest BCUT2D eigenvalue weighted by molar-refractivity contribution is 6.48. The first-order chi connectivity index (χ1) is 3.27. The summed E-state index contributed by atoms with van der Waals surface area (Å²) in [7, 11) is 0.580. The summed E-state index contributed by atoms with van der Waals surface area (Å²) < 4.78 is 0. The molecule has 0 N–H and O–H groups in total. The van der Waals surface area contributed by atoms with Crippen LogP contribution in [-0.2, 0) is 0 Å². The van der Waals surface area contributed by atoms with Gasteiger partial charge in [-0.2, -0.15) is 0 Å². The minimum absolute atomic E-state index is 0.580. The summed E-state index contributed by atoms with van der Waals surface area (Å²) in [6.45, 7) is 8.23. The minimum Gasteiger partial charge on any atom is -0.106 e. The molecule has 0 atom stereocenters. The fourth-order valence-corrected chi connectivity index (χ4v) is 1.11. The van der Waals surface area contributed by atoms with Crippen LogP contribution in [0.4, 0.5) is 0 Å². The Balaban J connectivity index is 3.08. The zero-order valence-corrected chi connectivity index (χ0v) is 6.30. The van der Waals surface area contributed by atoms with E-state index in [0.717, 1.165) is 12.0 Å². The van der Waals surface area contributed by atoms with E-state index in [2.05, 4.69) is 26.4 Å². The Labute approximate surface area is 48.4 Å². The van der Waals surface area contributed by atoms with Crippen molar-refractivity contribution in [2.45, 2.75) is 25.8 Å². The third-order valence-corrected chi connectivity index (χ3v) is 2.06. The summed E-state index contributed by atoms with van der Waals surface area (Å²) in [6.07, 6.45) is 1.01. The van der Waals surface area contributed by atoms with Crippen molar-refractivity contribution in [1.29, 1.82) is 0 Å². The van der Waals surface area contributed by atoms with E-state index >= 15 is 0 Å². The minimum atomic E-state index is 0.580. The van der Waals surface area contributed by atoms with Crippen LogP contribution in [0.5, 0.6) is 0 Å². The maximum atomic E-state index is 3.72. The monoisotopic (exact) mass is 113 g/mol. The Morgan fingerprint density at radius 2 is 2.29 bits per heavy atom. The number of hydrogen-bond donors (Lipinski definition) is 0. The predicted molar refractivity (Wildman–Crippen MR) is 38.3 cm³/mol. The molecular weight excluding hydrogens is 100 g/mol. The number of rotatable bonds is 2. The Bertz CT molecular complexity index is 55.2. The summed E-state index contributed by atoms with van der Waals surface area (Å²) in [5.74, 6) is 0. The van der Waals surface area contributed by atoms with Crippen LogP contribution in [0.2, 0.25) is 5.54 Å². The predicted octanol–water partition coefficient (Wildman–Crippen LogP) is 1.28. The molecule has 0 nitrogen and oxygen atoms in total. The van der Waals surface area contributed by atoms with Crippen LogP contribution < -0.4 is 0 Å². The lowest BCUT2D eigenvalue weighted by Gasteiger charge is -1.88. The molecule has 0 aromatic carbocycles. The molecule has 0 unspecified atom stereocenters. The van der Waals surface area contributed by atoms with Crippen LogP contribution in [0.1, 0.15) is 20.3 Å². The van der Waals surface area contributed by atoms with Crippen molar-refractivity contribution in [3.05, 3.63) is 6.92 Å². The molecule has 0 saturated carbocycles. The molecule has 0 spiro atoms. The maximum Gasteiger partial charge on any atom is -0.00917 e. The van der Waals surface area contributed by atoms with Crippen molar-refractivity contribution in [1.82, 2.24) is 0 Å². The maximum absolute atomic E-state index is 3.72. The van der Waals surface area contributed by atoms with Crippen LogP contribution in [0.3, 0.4) is 0 Å². The van der Waals surface area contributed by atoms with Gasteiger partial charge in [-0.1, -0.05) is 13.8 Å². The van der Waals surface area contributed by atoms with E-state index in [1.807, 2.05) is 0 Å². The summed E-state index contributed by atoms with van der Waals surface area (Å²) in [6, 6.07) is 0. The third kappa shape index (κ3) is 6.09. The first-order valence-corrected chi connectivity index (χ1v) is 4.06. The summed E-state index contributed by atoms with van der Waals surface area (Å²) in [4.78, 5) is 0. The van der Waals surface area contributed by atoms with E-state index in [1.54, 1.807) is 0 Å². The second-order valence-electron chi connectivity index (χ2n) is 1.96. The summed E-state index contributed by atoms with van der Waals surface area (Å²) >= 11 is 0. The van der Waals surface area contributed by atoms with Crippen molar-refractivity contribution in [2.24, 2.45) is 0 Å². The van der Waals surface area contributed by atoms with Crippen LogP contribution in [0.15, 0.2) is 0 Å². The number of hydrogen-bond acceptors (Lipinski definition) is 0. The van der Waals surface area contributed by atoms with E-state index in [0.29, 0.717) is 9.13 Å². The van der Waals surface area contributed by atoms with Gasteiger partial charge in [-0.15, -0.1) is 5.67 Å². The third-order valence-electron chi connectivity index (χ3n) is 0.688. The second-order valence-corrected chi connectivity index (χ2v) is 4.15. The van der Waals surface area contributed by atoms with Crippen molar-refractivity contribution in [3.63, 3.8) is 0 Å². The van der Waals surface area contributed by atoms with Gasteiger partial charge in [0, 0.05) is 0 Å². The lowest BCUT2D eigenvalue weighted by molar-refractivity contribution is 1.07. The van der Waals surface area contributed by atoms with Crippen molar-refractivity contribution < 1.29 is 0 Å². The highest BCUT2D eigenvalue weighted by atomic mass is 28.2. The zero-order chi connectivity index (χ0) is 5.70. The van der Waals surface area contributed by atoms with E-state index in [4.69, 9.17) is 0 Å². The lowest BCUT2D eigenvalue weighted by atomic mass is 10.6. The van der Waals surface area contributed by atoms with Crippen LogP contribution >= 0.6 is 0 Å². The summed E-state index contributed by atoms with van der Waals surface area (Å²) in [5, 5.41) is 0. The van der Waals surface area contributed by atoms with Gasteiger partial charge >= 0.3 is 0 Å². The normalized spacial score (nSPS) is 11.4. The second kappa shape index (κ2) is 4.25. The molecule has 1 radical (unpaired) electrons. The van der Waals surface area contributed by atoms with Gasteiger partial charge in [-0.3, -0.25) is 0 Å². The Morgan fingerprint density at radius 1 is 1.71 bits per heavy atom. The van der Waals surface area contributed by atoms with Crippen LogP contribution in [0.25, 0.3) is 0 Å². The Hall–Kier alpha value is 0.0869. The Kier molecular flexibility index (Phi) is 4.30. The zero-order valence-electron chi connectivity index (χ0n) is 5.15. The molecule has 41 valence electrons. The fraction of sp³-hybridized carbons (Fsp3) is 0.667. The highest BCUT2D eigenvalue weighted by Crippen LogP contribution is 1.89. The van der Waals surface area contributed by atoms with Gasteiger partial charge in [0.25, 0.3) is 0 Å². The molecule has 0 aliphatic heterocycles. The van der Waals surface area contributed by atoms with Crippen molar-refractivity contribution >= 4 is 14.8 Å². The first kappa shape index (κ1) is 7.09. The molecule has 0 heterocycles. The quantitative estimate of drug-likeness (QED) is 0.473. The van der Waals surface area contributed by atoms with Gasteiger partial charge in [0.2, 0.25) is 0 Å². The van der Waals surface area contributed by atoms with Gasteiger partial charge in [-0.25, -0.2) is 0 Å². The topological polar surface area (TPSA) is 0 Å². The molecular formula is C6H13Si. The molecule has 1 heteroatoms. The molecule has 0 rings (SSSR count). The largest absolute Gasteiger partial charge is 0.106 e. The average Bonchev–Trinajstić information content (AvgIpc) is 1.61. The van der Waals surface area contributed by atoms with Gasteiger partial charge in [0.15, 0.2) is 0 Å². The fourth-order valence-electron chi connectivity index (χ4n) is 0.368. The van der Waals surface area contributed by atoms with E-state index < -0.39 is 0 Å². The molecule has 0 aromatic heterocycles. The van der Waals surface area contributed by atoms with E-state index in [1.165, 1.54) is 0 Å². The van der Waals surface area contributed by atoms with E-state index in [9.17, 15) is 0 Å². The SMILES string of the molecule is [CH2]CC=[SiH]C(C)C. The van der Waals surface area contributed by atoms with Gasteiger partial charge in [0.05, 0.1) is 0 Å².